The number of rotatable bonds is 8. The second-order valence-corrected chi connectivity index (χ2v) is 5.72. The van der Waals surface area contributed by atoms with Gasteiger partial charge in [-0.1, -0.05) is 12.1 Å². The second kappa shape index (κ2) is 9.02. The van der Waals surface area contributed by atoms with Crippen molar-refractivity contribution in [1.29, 1.82) is 0 Å². The van der Waals surface area contributed by atoms with Crippen molar-refractivity contribution in [3.05, 3.63) is 29.8 Å². The van der Waals surface area contributed by atoms with E-state index in [1.807, 2.05) is 0 Å². The Labute approximate surface area is 141 Å². The Morgan fingerprint density at radius 1 is 1.08 bits per heavy atom. The van der Waals surface area contributed by atoms with E-state index in [9.17, 15) is 14.4 Å². The minimum Gasteiger partial charge on any atom is -0.465 e. The van der Waals surface area contributed by atoms with Crippen LogP contribution in [0.3, 0.4) is 0 Å². The van der Waals surface area contributed by atoms with Crippen molar-refractivity contribution in [2.45, 2.75) is 20.3 Å². The largest absolute Gasteiger partial charge is 0.465 e. The molecule has 0 aliphatic rings. The molecule has 0 unspecified atom stereocenters. The molecule has 0 bridgehead atoms. The average molecular weight is 336 g/mol. The molecule has 0 saturated carbocycles. The summed E-state index contributed by atoms with van der Waals surface area (Å²) in [7, 11) is 2.84. The van der Waals surface area contributed by atoms with Crippen LogP contribution in [0.2, 0.25) is 0 Å². The number of benzene rings is 1. The number of carbonyl (C=O) groups is 3. The zero-order valence-electron chi connectivity index (χ0n) is 14.5. The van der Waals surface area contributed by atoms with Crippen LogP contribution >= 0.6 is 0 Å². The molecule has 132 valence electrons. The molecule has 0 saturated heterocycles. The standard InChI is InChI=1S/C17H24N2O5/c1-17(2,15(21)18-10-7-11-23-3)16(22)19-13-9-6-5-8-12(13)14(20)24-4/h5-6,8-9H,7,10-11H2,1-4H3,(H,18,21)(H,19,22). The fourth-order valence-corrected chi connectivity index (χ4v) is 1.90. The lowest BCUT2D eigenvalue weighted by Crippen LogP contribution is -2.45. The Hall–Kier alpha value is -2.41. The van der Waals surface area contributed by atoms with Gasteiger partial charge in [0.15, 0.2) is 0 Å². The van der Waals surface area contributed by atoms with Crippen LogP contribution in [0.5, 0.6) is 0 Å². The molecule has 1 aromatic carbocycles. The Balaban J connectivity index is 2.79. The van der Waals surface area contributed by atoms with Crippen LogP contribution in [-0.2, 0) is 19.1 Å². The zero-order chi connectivity index (χ0) is 18.2. The van der Waals surface area contributed by atoms with Gasteiger partial charge in [-0.2, -0.15) is 0 Å². The molecule has 7 heteroatoms. The lowest BCUT2D eigenvalue weighted by Gasteiger charge is -2.23. The van der Waals surface area contributed by atoms with Crippen molar-refractivity contribution in [3.8, 4) is 0 Å². The van der Waals surface area contributed by atoms with Crippen molar-refractivity contribution in [1.82, 2.24) is 5.32 Å². The Morgan fingerprint density at radius 2 is 1.75 bits per heavy atom. The van der Waals surface area contributed by atoms with Crippen LogP contribution in [-0.4, -0.2) is 45.2 Å². The average Bonchev–Trinajstić information content (AvgIpc) is 2.58. The summed E-state index contributed by atoms with van der Waals surface area (Å²) in [5, 5.41) is 5.32. The van der Waals surface area contributed by atoms with Gasteiger partial charge in [-0.25, -0.2) is 4.79 Å². The van der Waals surface area contributed by atoms with Gasteiger partial charge in [-0.05, 0) is 32.4 Å². The van der Waals surface area contributed by atoms with Gasteiger partial charge in [0, 0.05) is 20.3 Å². The number of hydrogen-bond acceptors (Lipinski definition) is 5. The number of ether oxygens (including phenoxy) is 2. The van der Waals surface area contributed by atoms with Gasteiger partial charge in [0.1, 0.15) is 5.41 Å². The number of amides is 2. The van der Waals surface area contributed by atoms with E-state index in [0.29, 0.717) is 25.3 Å². The monoisotopic (exact) mass is 336 g/mol. The number of carbonyl (C=O) groups excluding carboxylic acids is 3. The maximum atomic E-state index is 12.5. The molecule has 1 aromatic rings. The molecule has 0 aliphatic heterocycles. The molecule has 0 aliphatic carbocycles. The molecule has 2 amide bonds. The number of methoxy groups -OCH3 is 2. The van der Waals surface area contributed by atoms with Crippen LogP contribution in [0.15, 0.2) is 24.3 Å². The van der Waals surface area contributed by atoms with Crippen molar-refractivity contribution in [2.75, 3.05) is 32.7 Å². The summed E-state index contributed by atoms with van der Waals surface area (Å²) in [6, 6.07) is 6.46. The first-order valence-corrected chi connectivity index (χ1v) is 7.60. The van der Waals surface area contributed by atoms with Crippen molar-refractivity contribution in [3.63, 3.8) is 0 Å². The predicted octanol–water partition coefficient (Wildman–Crippen LogP) is 1.59. The molecule has 24 heavy (non-hydrogen) atoms. The highest BCUT2D eigenvalue weighted by atomic mass is 16.5. The highest BCUT2D eigenvalue weighted by Gasteiger charge is 2.36. The number of hydrogen-bond donors (Lipinski definition) is 2. The van der Waals surface area contributed by atoms with E-state index in [-0.39, 0.29) is 5.56 Å². The van der Waals surface area contributed by atoms with Gasteiger partial charge >= 0.3 is 5.97 Å². The minimum atomic E-state index is -1.30. The molecular weight excluding hydrogens is 312 g/mol. The van der Waals surface area contributed by atoms with Gasteiger partial charge in [0.25, 0.3) is 0 Å². The SMILES string of the molecule is COCCCNC(=O)C(C)(C)C(=O)Nc1ccccc1C(=O)OC. The third-order valence-corrected chi connectivity index (χ3v) is 3.53. The molecule has 1 rings (SSSR count). The summed E-state index contributed by atoms with van der Waals surface area (Å²) in [5.41, 5.74) is -0.768. The Morgan fingerprint density at radius 3 is 2.38 bits per heavy atom. The maximum absolute atomic E-state index is 12.5. The van der Waals surface area contributed by atoms with Crippen molar-refractivity contribution in [2.24, 2.45) is 5.41 Å². The first-order valence-electron chi connectivity index (χ1n) is 7.60. The molecule has 2 N–H and O–H groups in total. The van der Waals surface area contributed by atoms with Crippen LogP contribution in [0.1, 0.15) is 30.6 Å². The molecule has 0 spiro atoms. The second-order valence-electron chi connectivity index (χ2n) is 5.72. The summed E-state index contributed by atoms with van der Waals surface area (Å²) in [5.74, 6) is -1.47. The quantitative estimate of drug-likeness (QED) is 0.427. The summed E-state index contributed by atoms with van der Waals surface area (Å²) in [6.07, 6.45) is 0.658. The normalized spacial score (nSPS) is 10.8. The van der Waals surface area contributed by atoms with E-state index >= 15 is 0 Å². The summed E-state index contributed by atoms with van der Waals surface area (Å²) in [6.45, 7) is 3.99. The zero-order valence-corrected chi connectivity index (χ0v) is 14.5. The maximum Gasteiger partial charge on any atom is 0.339 e. The Bertz CT molecular complexity index is 598. The number of esters is 1. The van der Waals surface area contributed by atoms with Gasteiger partial charge in [-0.15, -0.1) is 0 Å². The lowest BCUT2D eigenvalue weighted by molar-refractivity contribution is -0.138. The fourth-order valence-electron chi connectivity index (χ4n) is 1.90. The molecule has 0 radical (unpaired) electrons. The molecular formula is C17H24N2O5. The molecule has 0 atom stereocenters. The van der Waals surface area contributed by atoms with Gasteiger partial charge in [0.2, 0.25) is 11.8 Å². The molecule has 0 fully saturated rings. The van der Waals surface area contributed by atoms with Crippen molar-refractivity contribution >= 4 is 23.5 Å². The van der Waals surface area contributed by atoms with Crippen LogP contribution < -0.4 is 10.6 Å². The van der Waals surface area contributed by atoms with E-state index in [2.05, 4.69) is 15.4 Å². The first kappa shape index (κ1) is 19.6. The van der Waals surface area contributed by atoms with E-state index in [4.69, 9.17) is 4.74 Å². The van der Waals surface area contributed by atoms with Crippen LogP contribution in [0, 0.1) is 5.41 Å². The highest BCUT2D eigenvalue weighted by molar-refractivity contribution is 6.11. The third kappa shape index (κ3) is 5.06. The number of nitrogens with one attached hydrogen (secondary N) is 2. The first-order chi connectivity index (χ1) is 11.3. The van der Waals surface area contributed by atoms with Crippen LogP contribution in [0.25, 0.3) is 0 Å². The molecule has 0 heterocycles. The Kier molecular flexibility index (Phi) is 7.38. The van der Waals surface area contributed by atoms with E-state index in [1.165, 1.54) is 21.0 Å². The summed E-state index contributed by atoms with van der Waals surface area (Å²) >= 11 is 0. The van der Waals surface area contributed by atoms with Gasteiger partial charge in [-0.3, -0.25) is 9.59 Å². The van der Waals surface area contributed by atoms with Gasteiger partial charge in [0.05, 0.1) is 18.4 Å². The topological polar surface area (TPSA) is 93.7 Å². The molecule has 0 aromatic heterocycles. The van der Waals surface area contributed by atoms with Crippen LogP contribution in [0.4, 0.5) is 5.69 Å². The van der Waals surface area contributed by atoms with E-state index in [1.54, 1.807) is 31.4 Å². The predicted molar refractivity (Wildman–Crippen MR) is 89.7 cm³/mol. The van der Waals surface area contributed by atoms with E-state index in [0.717, 1.165) is 0 Å². The lowest BCUT2D eigenvalue weighted by atomic mass is 9.90. The van der Waals surface area contributed by atoms with Crippen molar-refractivity contribution < 1.29 is 23.9 Å². The highest BCUT2D eigenvalue weighted by Crippen LogP contribution is 2.22. The fraction of sp³-hybridized carbons (Fsp3) is 0.471. The summed E-state index contributed by atoms with van der Waals surface area (Å²) < 4.78 is 9.59. The summed E-state index contributed by atoms with van der Waals surface area (Å²) in [4.78, 5) is 36.4. The number of anilines is 1. The smallest absolute Gasteiger partial charge is 0.339 e. The van der Waals surface area contributed by atoms with E-state index < -0.39 is 23.2 Å². The van der Waals surface area contributed by atoms with Gasteiger partial charge < -0.3 is 20.1 Å². The molecule has 7 nitrogen and oxygen atoms in total. The number of para-hydroxylation sites is 1. The third-order valence-electron chi connectivity index (χ3n) is 3.53. The minimum absolute atomic E-state index is 0.227.